The second kappa shape index (κ2) is 7.19. The lowest BCUT2D eigenvalue weighted by Crippen LogP contribution is -2.57. The number of piperidine rings is 1. The summed E-state index contributed by atoms with van der Waals surface area (Å²) in [5.74, 6) is -0.932. The monoisotopic (exact) mass is 343 g/mol. The Labute approximate surface area is 138 Å². The summed E-state index contributed by atoms with van der Waals surface area (Å²) in [5.41, 5.74) is 1.56. The number of nitrogens with one attached hydrogen (secondary N) is 1. The fourth-order valence-corrected chi connectivity index (χ4v) is 2.84. The number of pyridine rings is 1. The van der Waals surface area contributed by atoms with Crippen molar-refractivity contribution in [1.82, 2.24) is 15.2 Å². The van der Waals surface area contributed by atoms with Crippen LogP contribution in [-0.2, 0) is 16.0 Å². The van der Waals surface area contributed by atoms with Gasteiger partial charge in [-0.05, 0) is 31.4 Å². The van der Waals surface area contributed by atoms with Gasteiger partial charge in [-0.2, -0.15) is 13.2 Å². The molecule has 0 bridgehead atoms. The number of hydrogen-bond donors (Lipinski definition) is 1. The lowest BCUT2D eigenvalue weighted by atomic mass is 9.97. The Kier molecular flexibility index (Phi) is 5.46. The first kappa shape index (κ1) is 18.2. The molecule has 1 aromatic rings. The van der Waals surface area contributed by atoms with Crippen LogP contribution in [0.4, 0.5) is 13.2 Å². The van der Waals surface area contributed by atoms with Gasteiger partial charge in [0, 0.05) is 31.4 Å². The molecule has 1 aromatic heterocycles. The Morgan fingerprint density at radius 2 is 2.04 bits per heavy atom. The summed E-state index contributed by atoms with van der Waals surface area (Å²) in [6, 6.07) is 1.32. The van der Waals surface area contributed by atoms with Crippen LogP contribution in [0.5, 0.6) is 0 Å². The Morgan fingerprint density at radius 1 is 1.33 bits per heavy atom. The Bertz CT molecular complexity index is 602. The van der Waals surface area contributed by atoms with E-state index in [1.54, 1.807) is 18.3 Å². The molecule has 5 nitrogen and oxygen atoms in total. The number of aromatic nitrogens is 1. The molecule has 0 aliphatic carbocycles. The number of carbonyl (C=O) groups is 2. The van der Waals surface area contributed by atoms with Crippen molar-refractivity contribution in [2.45, 2.75) is 51.4 Å². The zero-order chi connectivity index (χ0) is 17.9. The van der Waals surface area contributed by atoms with Gasteiger partial charge in [-0.15, -0.1) is 0 Å². The van der Waals surface area contributed by atoms with E-state index >= 15 is 0 Å². The van der Waals surface area contributed by atoms with Crippen LogP contribution >= 0.6 is 0 Å². The number of likely N-dealkylation sites (tertiary alicyclic amines) is 1. The molecule has 1 fully saturated rings. The number of carbonyl (C=O) groups excluding carboxylic acids is 2. The van der Waals surface area contributed by atoms with Crippen LogP contribution < -0.4 is 5.32 Å². The molecule has 24 heavy (non-hydrogen) atoms. The van der Waals surface area contributed by atoms with Crippen molar-refractivity contribution in [2.75, 3.05) is 6.54 Å². The second-order valence-corrected chi connectivity index (χ2v) is 6.06. The molecule has 0 aromatic carbocycles. The number of aryl methyl sites for hydroxylation is 1. The maximum atomic E-state index is 13.0. The molecule has 0 saturated carbocycles. The third-order valence-electron chi connectivity index (χ3n) is 4.07. The molecule has 2 amide bonds. The average Bonchev–Trinajstić information content (AvgIpc) is 2.48. The molecular formula is C16H20F3N3O2. The number of nitrogens with zero attached hydrogens (tertiary/aromatic N) is 2. The third-order valence-corrected chi connectivity index (χ3v) is 4.07. The maximum absolute atomic E-state index is 13.0. The fourth-order valence-electron chi connectivity index (χ4n) is 2.84. The quantitative estimate of drug-likeness (QED) is 0.913. The molecule has 132 valence electrons. The highest BCUT2D eigenvalue weighted by Crippen LogP contribution is 2.32. The number of amides is 2. The summed E-state index contributed by atoms with van der Waals surface area (Å²) in [5, 5.41) is 2.71. The minimum atomic E-state index is -4.45. The Hall–Kier alpha value is -2.12. The van der Waals surface area contributed by atoms with Crippen molar-refractivity contribution in [3.63, 3.8) is 0 Å². The third kappa shape index (κ3) is 4.69. The van der Waals surface area contributed by atoms with Crippen LogP contribution in [0.1, 0.15) is 31.0 Å². The van der Waals surface area contributed by atoms with Crippen molar-refractivity contribution >= 4 is 11.8 Å². The highest BCUT2D eigenvalue weighted by atomic mass is 19.4. The van der Waals surface area contributed by atoms with Crippen molar-refractivity contribution in [2.24, 2.45) is 0 Å². The van der Waals surface area contributed by atoms with Crippen molar-refractivity contribution < 1.29 is 22.8 Å². The van der Waals surface area contributed by atoms with Crippen LogP contribution in [0.3, 0.4) is 0 Å². The summed E-state index contributed by atoms with van der Waals surface area (Å²) >= 11 is 0. The predicted octanol–water partition coefficient (Wildman–Crippen LogP) is 1.99. The van der Waals surface area contributed by atoms with Crippen LogP contribution in [0, 0.1) is 6.92 Å². The normalized spacial score (nSPS) is 21.5. The molecule has 0 radical (unpaired) electrons. The first-order chi connectivity index (χ1) is 11.2. The Balaban J connectivity index is 1.95. The molecule has 2 heterocycles. The molecular weight excluding hydrogens is 323 g/mol. The topological polar surface area (TPSA) is 62.3 Å². The number of halogens is 3. The maximum Gasteiger partial charge on any atom is 0.408 e. The van der Waals surface area contributed by atoms with Gasteiger partial charge < -0.3 is 10.2 Å². The highest BCUT2D eigenvalue weighted by Gasteiger charge is 2.47. The SMILES string of the molecule is CC(=O)N1CC(NC(=O)Cc2ccc(C)nc2)CCC1C(F)(F)F. The van der Waals surface area contributed by atoms with E-state index in [4.69, 9.17) is 0 Å². The zero-order valence-electron chi connectivity index (χ0n) is 13.6. The van der Waals surface area contributed by atoms with Crippen molar-refractivity contribution in [3.8, 4) is 0 Å². The summed E-state index contributed by atoms with van der Waals surface area (Å²) in [7, 11) is 0. The first-order valence-electron chi connectivity index (χ1n) is 7.71. The van der Waals surface area contributed by atoms with Gasteiger partial charge in [0.2, 0.25) is 11.8 Å². The summed E-state index contributed by atoms with van der Waals surface area (Å²) in [6.45, 7) is 2.82. The second-order valence-electron chi connectivity index (χ2n) is 6.06. The van der Waals surface area contributed by atoms with Gasteiger partial charge in [0.05, 0.1) is 6.42 Å². The summed E-state index contributed by atoms with van der Waals surface area (Å²) < 4.78 is 38.9. The van der Waals surface area contributed by atoms with E-state index in [1.165, 1.54) is 0 Å². The minimum absolute atomic E-state index is 0.104. The molecule has 1 aliphatic rings. The van der Waals surface area contributed by atoms with Gasteiger partial charge in [-0.3, -0.25) is 14.6 Å². The van der Waals surface area contributed by atoms with Gasteiger partial charge in [0.1, 0.15) is 6.04 Å². The molecule has 0 spiro atoms. The van der Waals surface area contributed by atoms with Gasteiger partial charge in [0.25, 0.3) is 0 Å². The lowest BCUT2D eigenvalue weighted by molar-refractivity contribution is -0.196. The van der Waals surface area contributed by atoms with Crippen LogP contribution in [0.25, 0.3) is 0 Å². The van der Waals surface area contributed by atoms with Gasteiger partial charge in [-0.1, -0.05) is 6.07 Å². The molecule has 2 rings (SSSR count). The van der Waals surface area contributed by atoms with E-state index in [1.807, 2.05) is 6.92 Å². The Morgan fingerprint density at radius 3 is 2.58 bits per heavy atom. The highest BCUT2D eigenvalue weighted by molar-refractivity contribution is 5.79. The standard InChI is InChI=1S/C16H20F3N3O2/c1-10-3-4-12(8-20-10)7-15(24)21-13-5-6-14(16(17,18)19)22(9-13)11(2)23/h3-4,8,13-14H,5-7,9H2,1-2H3,(H,21,24). The van der Waals surface area contributed by atoms with Gasteiger partial charge in [-0.25, -0.2) is 0 Å². The fraction of sp³-hybridized carbons (Fsp3) is 0.562. The predicted molar refractivity (Wildman–Crippen MR) is 81.1 cm³/mol. The molecule has 8 heteroatoms. The lowest BCUT2D eigenvalue weighted by Gasteiger charge is -2.40. The molecule has 1 N–H and O–H groups in total. The van der Waals surface area contributed by atoms with E-state index in [0.29, 0.717) is 0 Å². The summed E-state index contributed by atoms with van der Waals surface area (Å²) in [4.78, 5) is 28.5. The van der Waals surface area contributed by atoms with E-state index in [9.17, 15) is 22.8 Å². The number of hydrogen-bond acceptors (Lipinski definition) is 3. The van der Waals surface area contributed by atoms with E-state index in [-0.39, 0.29) is 31.7 Å². The van der Waals surface area contributed by atoms with Crippen molar-refractivity contribution in [1.29, 1.82) is 0 Å². The molecule has 2 unspecified atom stereocenters. The molecule has 1 saturated heterocycles. The molecule has 2 atom stereocenters. The smallest absolute Gasteiger partial charge is 0.351 e. The first-order valence-corrected chi connectivity index (χ1v) is 7.71. The van der Waals surface area contributed by atoms with E-state index < -0.39 is 24.2 Å². The van der Waals surface area contributed by atoms with Crippen LogP contribution in [0.15, 0.2) is 18.3 Å². The van der Waals surface area contributed by atoms with Gasteiger partial charge >= 0.3 is 6.18 Å². The van der Waals surface area contributed by atoms with E-state index in [0.717, 1.165) is 23.1 Å². The van der Waals surface area contributed by atoms with Crippen LogP contribution in [-0.4, -0.2) is 46.5 Å². The summed E-state index contributed by atoms with van der Waals surface area (Å²) in [6.07, 6.45) is -2.77. The zero-order valence-corrected chi connectivity index (χ0v) is 13.6. The average molecular weight is 343 g/mol. The minimum Gasteiger partial charge on any atom is -0.351 e. The van der Waals surface area contributed by atoms with Crippen molar-refractivity contribution in [3.05, 3.63) is 29.6 Å². The van der Waals surface area contributed by atoms with Crippen LogP contribution in [0.2, 0.25) is 0 Å². The number of alkyl halides is 3. The number of rotatable bonds is 3. The molecule has 1 aliphatic heterocycles. The largest absolute Gasteiger partial charge is 0.408 e. The van der Waals surface area contributed by atoms with Gasteiger partial charge in [0.15, 0.2) is 0 Å². The van der Waals surface area contributed by atoms with E-state index in [2.05, 4.69) is 10.3 Å².